The van der Waals surface area contributed by atoms with E-state index in [0.717, 1.165) is 22.3 Å². The maximum absolute atomic E-state index is 12.5. The van der Waals surface area contributed by atoms with Crippen molar-refractivity contribution in [3.05, 3.63) is 75.6 Å². The van der Waals surface area contributed by atoms with Crippen LogP contribution in [0.4, 0.5) is 0 Å². The van der Waals surface area contributed by atoms with Gasteiger partial charge < -0.3 is 14.5 Å². The van der Waals surface area contributed by atoms with Crippen LogP contribution in [0.2, 0.25) is 0 Å². The van der Waals surface area contributed by atoms with Gasteiger partial charge in [0.1, 0.15) is 16.9 Å². The number of hydrogen-bond donors (Lipinski definition) is 1. The normalized spacial score (nSPS) is 12.0. The summed E-state index contributed by atoms with van der Waals surface area (Å²) in [6.45, 7) is 3.79. The molecule has 0 saturated heterocycles. The average molecular weight is 337 g/mol. The largest absolute Gasteiger partial charge is 0.497 e. The van der Waals surface area contributed by atoms with Gasteiger partial charge in [-0.05, 0) is 49.7 Å². The third-order valence-electron chi connectivity index (χ3n) is 4.10. The molecule has 0 fully saturated rings. The molecule has 1 atom stereocenters. The quantitative estimate of drug-likeness (QED) is 0.739. The van der Waals surface area contributed by atoms with Crippen LogP contribution >= 0.6 is 0 Å². The summed E-state index contributed by atoms with van der Waals surface area (Å²) in [6.07, 6.45) is 0. The highest BCUT2D eigenvalue weighted by Gasteiger charge is 2.17. The summed E-state index contributed by atoms with van der Waals surface area (Å²) in [4.78, 5) is 24.6. The smallest absolute Gasteiger partial charge is 0.349 e. The molecule has 0 aliphatic heterocycles. The zero-order valence-corrected chi connectivity index (χ0v) is 14.3. The molecule has 1 unspecified atom stereocenters. The molecule has 5 nitrogen and oxygen atoms in total. The minimum Gasteiger partial charge on any atom is -0.497 e. The lowest BCUT2D eigenvalue weighted by molar-refractivity contribution is 0.0936. The molecule has 0 aliphatic rings. The molecular weight excluding hydrogens is 318 g/mol. The highest BCUT2D eigenvalue weighted by atomic mass is 16.5. The Bertz CT molecular complexity index is 973. The second-order valence-corrected chi connectivity index (χ2v) is 5.96. The first-order valence-corrected chi connectivity index (χ1v) is 7.97. The van der Waals surface area contributed by atoms with Gasteiger partial charge in [-0.2, -0.15) is 0 Å². The molecule has 5 heteroatoms. The summed E-state index contributed by atoms with van der Waals surface area (Å²) in [5.74, 6) is 0.285. The van der Waals surface area contributed by atoms with E-state index in [9.17, 15) is 9.59 Å². The number of rotatable bonds is 4. The molecule has 3 aromatic rings. The van der Waals surface area contributed by atoms with Crippen LogP contribution in [0.1, 0.15) is 34.5 Å². The zero-order chi connectivity index (χ0) is 18.0. The summed E-state index contributed by atoms with van der Waals surface area (Å²) < 4.78 is 10.4. The predicted octanol–water partition coefficient (Wildman–Crippen LogP) is 3.60. The average Bonchev–Trinajstić information content (AvgIpc) is 2.61. The maximum Gasteiger partial charge on any atom is 0.349 e. The highest BCUT2D eigenvalue weighted by Crippen LogP contribution is 2.19. The number of hydrogen-bond acceptors (Lipinski definition) is 4. The highest BCUT2D eigenvalue weighted by molar-refractivity contribution is 5.96. The van der Waals surface area contributed by atoms with E-state index in [0.29, 0.717) is 5.58 Å². The van der Waals surface area contributed by atoms with E-state index in [1.807, 2.05) is 50.2 Å². The summed E-state index contributed by atoms with van der Waals surface area (Å²) in [5, 5.41) is 3.55. The Morgan fingerprint density at radius 2 is 1.84 bits per heavy atom. The number of benzene rings is 2. The molecule has 1 amide bonds. The van der Waals surface area contributed by atoms with Gasteiger partial charge in [-0.25, -0.2) is 4.79 Å². The van der Waals surface area contributed by atoms with E-state index in [1.54, 1.807) is 19.2 Å². The van der Waals surface area contributed by atoms with Crippen LogP contribution in [-0.2, 0) is 0 Å². The lowest BCUT2D eigenvalue weighted by Crippen LogP contribution is -2.30. The lowest BCUT2D eigenvalue weighted by Gasteiger charge is -2.14. The number of aryl methyl sites for hydroxylation is 1. The van der Waals surface area contributed by atoms with Crippen LogP contribution in [0, 0.1) is 6.92 Å². The molecular formula is C20H19NO4. The SMILES string of the molecule is COc1ccc(C(C)NC(=O)c2cc3cc(C)ccc3oc2=O)cc1. The van der Waals surface area contributed by atoms with Crippen molar-refractivity contribution in [1.29, 1.82) is 0 Å². The Hall–Kier alpha value is -3.08. The second-order valence-electron chi connectivity index (χ2n) is 5.96. The van der Waals surface area contributed by atoms with Crippen LogP contribution in [0.25, 0.3) is 11.0 Å². The van der Waals surface area contributed by atoms with Crippen molar-refractivity contribution in [2.24, 2.45) is 0 Å². The Labute approximate surface area is 145 Å². The van der Waals surface area contributed by atoms with Gasteiger partial charge in [0.2, 0.25) is 0 Å². The number of fused-ring (bicyclic) bond motifs is 1. The fraction of sp³-hybridized carbons (Fsp3) is 0.200. The predicted molar refractivity (Wildman–Crippen MR) is 96.1 cm³/mol. The van der Waals surface area contributed by atoms with Gasteiger partial charge in [0.15, 0.2) is 0 Å². The van der Waals surface area contributed by atoms with Crippen molar-refractivity contribution in [3.8, 4) is 5.75 Å². The molecule has 0 aliphatic carbocycles. The van der Waals surface area contributed by atoms with Crippen LogP contribution in [-0.4, -0.2) is 13.0 Å². The van der Waals surface area contributed by atoms with Gasteiger partial charge in [-0.3, -0.25) is 4.79 Å². The number of amides is 1. The summed E-state index contributed by atoms with van der Waals surface area (Å²) in [5.41, 5.74) is 1.76. The van der Waals surface area contributed by atoms with E-state index < -0.39 is 11.5 Å². The fourth-order valence-corrected chi connectivity index (χ4v) is 2.65. The third-order valence-corrected chi connectivity index (χ3v) is 4.10. The van der Waals surface area contributed by atoms with Crippen LogP contribution in [0.5, 0.6) is 5.75 Å². The molecule has 0 radical (unpaired) electrons. The van der Waals surface area contributed by atoms with E-state index in [-0.39, 0.29) is 11.6 Å². The summed E-state index contributed by atoms with van der Waals surface area (Å²) in [6, 6.07) is 14.2. The summed E-state index contributed by atoms with van der Waals surface area (Å²) >= 11 is 0. The van der Waals surface area contributed by atoms with Gasteiger partial charge in [0, 0.05) is 5.39 Å². The molecule has 0 bridgehead atoms. The molecule has 1 N–H and O–H groups in total. The Morgan fingerprint density at radius 1 is 1.12 bits per heavy atom. The van der Waals surface area contributed by atoms with Gasteiger partial charge in [-0.15, -0.1) is 0 Å². The third kappa shape index (κ3) is 3.55. The fourth-order valence-electron chi connectivity index (χ4n) is 2.65. The first-order chi connectivity index (χ1) is 12.0. The van der Waals surface area contributed by atoms with E-state index in [2.05, 4.69) is 5.32 Å². The molecule has 1 aromatic heterocycles. The molecule has 25 heavy (non-hydrogen) atoms. The number of methoxy groups -OCH3 is 1. The van der Waals surface area contributed by atoms with Gasteiger partial charge in [0.25, 0.3) is 5.91 Å². The Morgan fingerprint density at radius 3 is 2.52 bits per heavy atom. The minimum atomic E-state index is -0.643. The van der Waals surface area contributed by atoms with Gasteiger partial charge >= 0.3 is 5.63 Å². The van der Waals surface area contributed by atoms with E-state index in [1.165, 1.54) is 0 Å². The number of carbonyl (C=O) groups is 1. The van der Waals surface area contributed by atoms with Gasteiger partial charge in [-0.1, -0.05) is 23.8 Å². The molecule has 1 heterocycles. The Kier molecular flexibility index (Phi) is 4.57. The van der Waals surface area contributed by atoms with Crippen molar-refractivity contribution >= 4 is 16.9 Å². The standard InChI is InChI=1S/C20H19NO4/c1-12-4-9-18-15(10-12)11-17(20(23)25-18)19(22)21-13(2)14-5-7-16(24-3)8-6-14/h4-11,13H,1-3H3,(H,21,22). The van der Waals surface area contributed by atoms with Crippen LogP contribution in [0.3, 0.4) is 0 Å². The van der Waals surface area contributed by atoms with Crippen molar-refractivity contribution in [3.63, 3.8) is 0 Å². The zero-order valence-electron chi connectivity index (χ0n) is 14.3. The van der Waals surface area contributed by atoms with E-state index >= 15 is 0 Å². The molecule has 128 valence electrons. The number of ether oxygens (including phenoxy) is 1. The maximum atomic E-state index is 12.5. The van der Waals surface area contributed by atoms with Crippen LogP contribution < -0.4 is 15.7 Å². The molecule has 0 spiro atoms. The first-order valence-electron chi connectivity index (χ1n) is 7.97. The second kappa shape index (κ2) is 6.81. The van der Waals surface area contributed by atoms with Gasteiger partial charge in [0.05, 0.1) is 13.2 Å². The monoisotopic (exact) mass is 337 g/mol. The lowest BCUT2D eigenvalue weighted by atomic mass is 10.1. The van der Waals surface area contributed by atoms with Crippen molar-refractivity contribution in [2.75, 3.05) is 7.11 Å². The Balaban J connectivity index is 1.85. The van der Waals surface area contributed by atoms with E-state index in [4.69, 9.17) is 9.15 Å². The number of nitrogens with one attached hydrogen (secondary N) is 1. The number of carbonyl (C=O) groups excluding carboxylic acids is 1. The van der Waals surface area contributed by atoms with Crippen molar-refractivity contribution < 1.29 is 13.9 Å². The van der Waals surface area contributed by atoms with Crippen molar-refractivity contribution in [1.82, 2.24) is 5.32 Å². The molecule has 2 aromatic carbocycles. The minimum absolute atomic E-state index is 0.00142. The summed E-state index contributed by atoms with van der Waals surface area (Å²) in [7, 11) is 1.60. The van der Waals surface area contributed by atoms with Crippen LogP contribution in [0.15, 0.2) is 57.7 Å². The topological polar surface area (TPSA) is 68.5 Å². The first kappa shape index (κ1) is 16.8. The molecule has 3 rings (SSSR count). The molecule has 0 saturated carbocycles. The van der Waals surface area contributed by atoms with Crippen molar-refractivity contribution in [2.45, 2.75) is 19.9 Å².